The zero-order valence-corrected chi connectivity index (χ0v) is 16.4. The summed E-state index contributed by atoms with van der Waals surface area (Å²) >= 11 is 6.03. The first-order chi connectivity index (χ1) is 12.9. The van der Waals surface area contributed by atoms with E-state index in [-0.39, 0.29) is 18.5 Å². The van der Waals surface area contributed by atoms with E-state index in [1.54, 1.807) is 4.68 Å². The molecule has 0 fully saturated rings. The van der Waals surface area contributed by atoms with Crippen LogP contribution in [-0.2, 0) is 4.79 Å². The molecule has 0 saturated carbocycles. The van der Waals surface area contributed by atoms with E-state index < -0.39 is 0 Å². The number of rotatable bonds is 6. The van der Waals surface area contributed by atoms with Crippen LogP contribution in [-0.4, -0.2) is 22.2 Å². The van der Waals surface area contributed by atoms with Gasteiger partial charge in [0.05, 0.1) is 17.9 Å². The zero-order chi connectivity index (χ0) is 19.4. The van der Waals surface area contributed by atoms with Crippen molar-refractivity contribution in [2.75, 3.05) is 11.9 Å². The Kier molecular flexibility index (Phi) is 5.94. The summed E-state index contributed by atoms with van der Waals surface area (Å²) < 4.78 is 1.74. The van der Waals surface area contributed by atoms with Crippen molar-refractivity contribution in [1.82, 2.24) is 15.1 Å². The maximum absolute atomic E-state index is 12.4. The summed E-state index contributed by atoms with van der Waals surface area (Å²) in [6, 6.07) is 17.5. The third-order valence-electron chi connectivity index (χ3n) is 4.30. The Bertz CT molecular complexity index is 934. The number of halogens is 1. The van der Waals surface area contributed by atoms with Gasteiger partial charge in [0.1, 0.15) is 5.82 Å². The van der Waals surface area contributed by atoms with E-state index in [0.717, 1.165) is 16.9 Å². The average molecular weight is 383 g/mol. The average Bonchev–Trinajstić information content (AvgIpc) is 3.00. The fourth-order valence-electron chi connectivity index (χ4n) is 2.80. The number of amides is 1. The number of nitrogens with zero attached hydrogens (tertiary/aromatic N) is 2. The lowest BCUT2D eigenvalue weighted by atomic mass is 10.1. The minimum atomic E-state index is -0.128. The van der Waals surface area contributed by atoms with Crippen LogP contribution in [0.3, 0.4) is 0 Å². The van der Waals surface area contributed by atoms with Gasteiger partial charge in [0.2, 0.25) is 5.91 Å². The van der Waals surface area contributed by atoms with Crippen molar-refractivity contribution in [3.8, 4) is 5.69 Å². The predicted molar refractivity (Wildman–Crippen MR) is 110 cm³/mol. The van der Waals surface area contributed by atoms with Crippen molar-refractivity contribution in [2.45, 2.75) is 26.8 Å². The molecule has 2 aromatic carbocycles. The Hall–Kier alpha value is -2.63. The number of anilines is 1. The van der Waals surface area contributed by atoms with Crippen LogP contribution in [0.1, 0.15) is 29.8 Å². The first-order valence-electron chi connectivity index (χ1n) is 8.85. The minimum Gasteiger partial charge on any atom is -0.309 e. The molecule has 140 valence electrons. The Labute approximate surface area is 164 Å². The Morgan fingerprint density at radius 1 is 1.15 bits per heavy atom. The summed E-state index contributed by atoms with van der Waals surface area (Å²) in [4.78, 5) is 12.4. The maximum Gasteiger partial charge on any atom is 0.239 e. The van der Waals surface area contributed by atoms with Crippen LogP contribution in [0, 0.1) is 13.8 Å². The number of carbonyl (C=O) groups excluding carboxylic acids is 1. The fraction of sp³-hybridized carbons (Fsp3) is 0.238. The molecule has 0 radical (unpaired) electrons. The summed E-state index contributed by atoms with van der Waals surface area (Å²) in [6.45, 7) is 6.12. The molecule has 0 aliphatic heterocycles. The molecular weight excluding hydrogens is 360 g/mol. The monoisotopic (exact) mass is 382 g/mol. The van der Waals surface area contributed by atoms with Gasteiger partial charge in [-0.15, -0.1) is 0 Å². The molecule has 0 saturated heterocycles. The third kappa shape index (κ3) is 4.96. The van der Waals surface area contributed by atoms with Gasteiger partial charge in [0.15, 0.2) is 0 Å². The van der Waals surface area contributed by atoms with E-state index in [9.17, 15) is 4.79 Å². The van der Waals surface area contributed by atoms with Gasteiger partial charge in [-0.1, -0.05) is 41.4 Å². The van der Waals surface area contributed by atoms with Crippen LogP contribution in [0.5, 0.6) is 0 Å². The van der Waals surface area contributed by atoms with Gasteiger partial charge in [-0.05, 0) is 50.6 Å². The molecule has 6 heteroatoms. The second-order valence-electron chi connectivity index (χ2n) is 6.62. The van der Waals surface area contributed by atoms with E-state index in [0.29, 0.717) is 10.8 Å². The molecule has 3 rings (SSSR count). The minimum absolute atomic E-state index is 0.0122. The molecule has 27 heavy (non-hydrogen) atoms. The van der Waals surface area contributed by atoms with Crippen molar-refractivity contribution in [2.24, 2.45) is 0 Å². The smallest absolute Gasteiger partial charge is 0.239 e. The van der Waals surface area contributed by atoms with Gasteiger partial charge in [-0.2, -0.15) is 5.10 Å². The van der Waals surface area contributed by atoms with E-state index in [1.807, 2.05) is 75.4 Å². The topological polar surface area (TPSA) is 59.0 Å². The van der Waals surface area contributed by atoms with Crippen LogP contribution in [0.25, 0.3) is 5.69 Å². The van der Waals surface area contributed by atoms with Gasteiger partial charge >= 0.3 is 0 Å². The highest BCUT2D eigenvalue weighted by atomic mass is 35.5. The molecule has 1 amide bonds. The Morgan fingerprint density at radius 2 is 1.89 bits per heavy atom. The molecule has 1 atom stereocenters. The standard InChI is InChI=1S/C21H23ClN4O/c1-14-7-9-19(10-8-14)26-20(11-15(2)25-26)24-21(27)13-23-16(3)17-5-4-6-18(22)12-17/h4-12,16,23H,13H2,1-3H3,(H,24,27)/t16-/m1/s1. The SMILES string of the molecule is Cc1ccc(-n2nc(C)cc2NC(=O)CN[C@H](C)c2cccc(Cl)c2)cc1. The molecule has 0 aliphatic rings. The number of nitrogens with one attached hydrogen (secondary N) is 2. The van der Waals surface area contributed by atoms with Crippen LogP contribution < -0.4 is 10.6 Å². The molecule has 0 bridgehead atoms. The van der Waals surface area contributed by atoms with E-state index in [4.69, 9.17) is 11.6 Å². The van der Waals surface area contributed by atoms with Crippen molar-refractivity contribution in [3.05, 3.63) is 76.4 Å². The van der Waals surface area contributed by atoms with Gasteiger partial charge in [0.25, 0.3) is 0 Å². The van der Waals surface area contributed by atoms with Gasteiger partial charge in [-0.25, -0.2) is 4.68 Å². The Morgan fingerprint density at radius 3 is 2.59 bits per heavy atom. The van der Waals surface area contributed by atoms with Crippen LogP contribution in [0.15, 0.2) is 54.6 Å². The normalized spacial score (nSPS) is 12.0. The number of hydrogen-bond acceptors (Lipinski definition) is 3. The molecular formula is C21H23ClN4O. The van der Waals surface area contributed by atoms with Crippen LogP contribution >= 0.6 is 11.6 Å². The van der Waals surface area contributed by atoms with Crippen molar-refractivity contribution >= 4 is 23.3 Å². The number of hydrogen-bond donors (Lipinski definition) is 2. The van der Waals surface area contributed by atoms with Crippen molar-refractivity contribution in [1.29, 1.82) is 0 Å². The van der Waals surface area contributed by atoms with Gasteiger partial charge < -0.3 is 10.6 Å². The largest absolute Gasteiger partial charge is 0.309 e. The molecule has 0 spiro atoms. The van der Waals surface area contributed by atoms with Crippen LogP contribution in [0.4, 0.5) is 5.82 Å². The Balaban J connectivity index is 1.65. The highest BCUT2D eigenvalue weighted by Crippen LogP contribution is 2.19. The molecule has 0 aliphatic carbocycles. The highest BCUT2D eigenvalue weighted by molar-refractivity contribution is 6.30. The molecule has 1 heterocycles. The lowest BCUT2D eigenvalue weighted by Crippen LogP contribution is -2.30. The first-order valence-corrected chi connectivity index (χ1v) is 9.22. The van der Waals surface area contributed by atoms with Crippen molar-refractivity contribution < 1.29 is 4.79 Å². The number of aromatic nitrogens is 2. The first kappa shape index (κ1) is 19.1. The lowest BCUT2D eigenvalue weighted by molar-refractivity contribution is -0.115. The van der Waals surface area contributed by atoms with Gasteiger partial charge in [-0.3, -0.25) is 4.79 Å². The number of benzene rings is 2. The summed E-state index contributed by atoms with van der Waals surface area (Å²) in [7, 11) is 0. The number of aryl methyl sites for hydroxylation is 2. The second kappa shape index (κ2) is 8.37. The zero-order valence-electron chi connectivity index (χ0n) is 15.7. The summed E-state index contributed by atoms with van der Waals surface area (Å²) in [5.41, 5.74) is 3.96. The quantitative estimate of drug-likeness (QED) is 0.663. The van der Waals surface area contributed by atoms with E-state index in [1.165, 1.54) is 5.56 Å². The highest BCUT2D eigenvalue weighted by Gasteiger charge is 2.12. The molecule has 1 aromatic heterocycles. The molecule has 0 unspecified atom stereocenters. The third-order valence-corrected chi connectivity index (χ3v) is 4.53. The molecule has 3 aromatic rings. The van der Waals surface area contributed by atoms with Crippen molar-refractivity contribution in [3.63, 3.8) is 0 Å². The molecule has 5 nitrogen and oxygen atoms in total. The summed E-state index contributed by atoms with van der Waals surface area (Å²) in [6.07, 6.45) is 0. The van der Waals surface area contributed by atoms with E-state index in [2.05, 4.69) is 15.7 Å². The van der Waals surface area contributed by atoms with Crippen LogP contribution in [0.2, 0.25) is 5.02 Å². The number of carbonyl (C=O) groups is 1. The summed E-state index contributed by atoms with van der Waals surface area (Å²) in [5, 5.41) is 11.3. The van der Waals surface area contributed by atoms with E-state index >= 15 is 0 Å². The summed E-state index contributed by atoms with van der Waals surface area (Å²) in [5.74, 6) is 0.524. The lowest BCUT2D eigenvalue weighted by Gasteiger charge is -2.15. The predicted octanol–water partition coefficient (Wildman–Crippen LogP) is 4.43. The van der Waals surface area contributed by atoms with Gasteiger partial charge in [0, 0.05) is 17.1 Å². The fourth-order valence-corrected chi connectivity index (χ4v) is 3.00. The maximum atomic E-state index is 12.4. The second-order valence-corrected chi connectivity index (χ2v) is 7.06. The molecule has 2 N–H and O–H groups in total.